The van der Waals surface area contributed by atoms with Crippen LogP contribution in [-0.2, 0) is 6.54 Å². The molecule has 0 N–H and O–H groups in total. The molecule has 1 rings (SSSR count). The summed E-state index contributed by atoms with van der Waals surface area (Å²) in [6.07, 6.45) is -2.90. The molecular weight excluding hydrogens is 253 g/mol. The number of hydrogen-bond acceptors (Lipinski definition) is 2. The maximum atomic E-state index is 11.9. The molecule has 0 radical (unpaired) electrons. The summed E-state index contributed by atoms with van der Waals surface area (Å²) >= 11 is 2.90. The Morgan fingerprint density at radius 2 is 2.23 bits per heavy atom. The molecule has 72 valence electrons. The van der Waals surface area contributed by atoms with Gasteiger partial charge in [0, 0.05) is 0 Å². The predicted octanol–water partition coefficient (Wildman–Crippen LogP) is 2.02. The van der Waals surface area contributed by atoms with Crippen LogP contribution in [-0.4, -0.2) is 22.2 Å². The fourth-order valence-corrected chi connectivity index (χ4v) is 1.17. The summed E-state index contributed by atoms with van der Waals surface area (Å²) in [5.74, 6) is 0. The fraction of sp³-hybridized carbons (Fsp3) is 0.333. The van der Waals surface area contributed by atoms with Crippen LogP contribution in [0.3, 0.4) is 0 Å². The van der Waals surface area contributed by atoms with Gasteiger partial charge in [-0.3, -0.25) is 9.48 Å². The van der Waals surface area contributed by atoms with E-state index in [1.54, 1.807) is 0 Å². The number of nitrogens with zero attached hydrogens (tertiary/aromatic N) is 2. The number of aromatic nitrogens is 2. The molecule has 1 aromatic rings. The van der Waals surface area contributed by atoms with Crippen molar-refractivity contribution in [2.75, 3.05) is 0 Å². The van der Waals surface area contributed by atoms with Crippen molar-refractivity contribution in [1.82, 2.24) is 9.78 Å². The Morgan fingerprint density at radius 3 is 2.69 bits per heavy atom. The highest BCUT2D eigenvalue weighted by Gasteiger charge is 2.29. The quantitative estimate of drug-likeness (QED) is 0.759. The average Bonchev–Trinajstić information content (AvgIpc) is 2.28. The zero-order chi connectivity index (χ0) is 10.1. The van der Waals surface area contributed by atoms with E-state index in [2.05, 4.69) is 21.0 Å². The molecule has 0 amide bonds. The number of hydrogen-bond donors (Lipinski definition) is 0. The topological polar surface area (TPSA) is 34.9 Å². The number of carbonyl (C=O) groups is 1. The first-order chi connectivity index (χ1) is 5.94. The van der Waals surface area contributed by atoms with Crippen LogP contribution >= 0.6 is 15.9 Å². The van der Waals surface area contributed by atoms with Crippen molar-refractivity contribution in [3.63, 3.8) is 0 Å². The number of carbonyl (C=O) groups excluding carboxylic acids is 1. The molecule has 0 saturated heterocycles. The van der Waals surface area contributed by atoms with Gasteiger partial charge >= 0.3 is 6.18 Å². The van der Waals surface area contributed by atoms with Gasteiger partial charge in [0.15, 0.2) is 6.29 Å². The van der Waals surface area contributed by atoms with Crippen LogP contribution in [0.25, 0.3) is 0 Å². The van der Waals surface area contributed by atoms with Gasteiger partial charge in [-0.15, -0.1) is 0 Å². The van der Waals surface area contributed by atoms with E-state index in [1.165, 1.54) is 0 Å². The predicted molar refractivity (Wildman–Crippen MR) is 41.4 cm³/mol. The first-order valence-corrected chi connectivity index (χ1v) is 3.96. The van der Waals surface area contributed by atoms with E-state index >= 15 is 0 Å². The van der Waals surface area contributed by atoms with E-state index in [0.717, 1.165) is 6.20 Å². The van der Waals surface area contributed by atoms with Crippen molar-refractivity contribution in [1.29, 1.82) is 0 Å². The van der Waals surface area contributed by atoms with Gasteiger partial charge in [-0.2, -0.15) is 18.3 Å². The standard InChI is InChI=1S/C6H4BrF3N2O/c7-4-1-11-12(5(4)2-13)3-6(8,9)10/h1-2H,3H2. The second-order valence-corrected chi connectivity index (χ2v) is 3.12. The van der Waals surface area contributed by atoms with Crippen LogP contribution in [0.4, 0.5) is 13.2 Å². The van der Waals surface area contributed by atoms with Crippen LogP contribution in [0.15, 0.2) is 10.7 Å². The Kier molecular flexibility index (Phi) is 2.74. The lowest BCUT2D eigenvalue weighted by molar-refractivity contribution is -0.142. The molecule has 0 saturated carbocycles. The highest BCUT2D eigenvalue weighted by molar-refractivity contribution is 9.10. The summed E-state index contributed by atoms with van der Waals surface area (Å²) in [4.78, 5) is 10.3. The molecule has 7 heteroatoms. The molecule has 1 heterocycles. The van der Waals surface area contributed by atoms with Crippen molar-refractivity contribution >= 4 is 22.2 Å². The zero-order valence-electron chi connectivity index (χ0n) is 6.18. The van der Waals surface area contributed by atoms with Gasteiger partial charge in [-0.05, 0) is 15.9 Å². The largest absolute Gasteiger partial charge is 0.408 e. The molecule has 13 heavy (non-hydrogen) atoms. The summed E-state index contributed by atoms with van der Waals surface area (Å²) in [7, 11) is 0. The second-order valence-electron chi connectivity index (χ2n) is 2.27. The molecule has 0 unspecified atom stereocenters. The zero-order valence-corrected chi connectivity index (χ0v) is 7.76. The summed E-state index contributed by atoms with van der Waals surface area (Å²) in [6, 6.07) is 0. The Balaban J connectivity index is 2.95. The van der Waals surface area contributed by atoms with E-state index in [9.17, 15) is 18.0 Å². The van der Waals surface area contributed by atoms with Crippen molar-refractivity contribution < 1.29 is 18.0 Å². The molecule has 0 bridgehead atoms. The molecule has 0 atom stereocenters. The minimum Gasteiger partial charge on any atom is -0.296 e. The molecule has 0 spiro atoms. The third-order valence-electron chi connectivity index (χ3n) is 1.27. The Bertz CT molecular complexity index is 320. The van der Waals surface area contributed by atoms with Crippen LogP contribution in [0.2, 0.25) is 0 Å². The van der Waals surface area contributed by atoms with Gasteiger partial charge in [0.05, 0.1) is 10.7 Å². The molecule has 0 aliphatic heterocycles. The van der Waals surface area contributed by atoms with Crippen LogP contribution in [0.1, 0.15) is 10.5 Å². The molecule has 1 aromatic heterocycles. The smallest absolute Gasteiger partial charge is 0.296 e. The Hall–Kier alpha value is -0.850. The van der Waals surface area contributed by atoms with Gasteiger partial charge in [-0.1, -0.05) is 0 Å². The lowest BCUT2D eigenvalue weighted by Gasteiger charge is -2.06. The van der Waals surface area contributed by atoms with Gasteiger partial charge in [0.2, 0.25) is 0 Å². The summed E-state index contributed by atoms with van der Waals surface area (Å²) < 4.78 is 36.5. The monoisotopic (exact) mass is 256 g/mol. The van der Waals surface area contributed by atoms with E-state index in [-0.39, 0.29) is 10.2 Å². The number of rotatable bonds is 2. The van der Waals surface area contributed by atoms with Gasteiger partial charge in [-0.25, -0.2) is 0 Å². The lowest BCUT2D eigenvalue weighted by Crippen LogP contribution is -2.20. The third kappa shape index (κ3) is 2.55. The molecule has 0 fully saturated rings. The number of alkyl halides is 3. The summed E-state index contributed by atoms with van der Waals surface area (Å²) in [6.45, 7) is -1.26. The normalized spacial score (nSPS) is 11.7. The van der Waals surface area contributed by atoms with E-state index in [4.69, 9.17) is 0 Å². The summed E-state index contributed by atoms with van der Waals surface area (Å²) in [5.41, 5.74) is -0.114. The van der Waals surface area contributed by atoms with Gasteiger partial charge < -0.3 is 0 Å². The van der Waals surface area contributed by atoms with Crippen LogP contribution in [0, 0.1) is 0 Å². The first-order valence-electron chi connectivity index (χ1n) is 3.17. The first kappa shape index (κ1) is 10.2. The minimum atomic E-state index is -4.37. The molecule has 3 nitrogen and oxygen atoms in total. The van der Waals surface area contributed by atoms with E-state index in [0.29, 0.717) is 11.0 Å². The highest BCUT2D eigenvalue weighted by atomic mass is 79.9. The molecule has 0 aromatic carbocycles. The van der Waals surface area contributed by atoms with E-state index < -0.39 is 12.7 Å². The van der Waals surface area contributed by atoms with Gasteiger partial charge in [0.1, 0.15) is 12.2 Å². The number of aldehydes is 1. The summed E-state index contributed by atoms with van der Waals surface area (Å²) in [5, 5.41) is 3.39. The average molecular weight is 257 g/mol. The lowest BCUT2D eigenvalue weighted by atomic mass is 10.4. The second kappa shape index (κ2) is 3.49. The van der Waals surface area contributed by atoms with Crippen molar-refractivity contribution in [2.24, 2.45) is 0 Å². The Morgan fingerprint density at radius 1 is 1.62 bits per heavy atom. The molecule has 0 aliphatic rings. The maximum Gasteiger partial charge on any atom is 0.408 e. The number of halogens is 4. The highest BCUT2D eigenvalue weighted by Crippen LogP contribution is 2.20. The minimum absolute atomic E-state index is 0.114. The van der Waals surface area contributed by atoms with Crippen LogP contribution < -0.4 is 0 Å². The SMILES string of the molecule is O=Cc1c(Br)cnn1CC(F)(F)F. The van der Waals surface area contributed by atoms with Crippen molar-refractivity contribution in [2.45, 2.75) is 12.7 Å². The van der Waals surface area contributed by atoms with Crippen molar-refractivity contribution in [3.8, 4) is 0 Å². The van der Waals surface area contributed by atoms with E-state index in [1.807, 2.05) is 0 Å². The van der Waals surface area contributed by atoms with Crippen LogP contribution in [0.5, 0.6) is 0 Å². The Labute approximate surface area is 79.7 Å². The maximum absolute atomic E-state index is 11.9. The fourth-order valence-electron chi connectivity index (χ4n) is 0.785. The molecule has 0 aliphatic carbocycles. The third-order valence-corrected chi connectivity index (χ3v) is 1.88. The molecular formula is C6H4BrF3N2O. The van der Waals surface area contributed by atoms with Gasteiger partial charge in [0.25, 0.3) is 0 Å². The van der Waals surface area contributed by atoms with Crippen molar-refractivity contribution in [3.05, 3.63) is 16.4 Å².